The predicted octanol–water partition coefficient (Wildman–Crippen LogP) is -2.61. The number of aliphatic imine (C=N–C) groups is 1. The van der Waals surface area contributed by atoms with E-state index in [2.05, 4.69) is 30.9 Å². The van der Waals surface area contributed by atoms with Gasteiger partial charge in [0.25, 0.3) is 0 Å². The standard InChI is InChI=1S/C22H37N9O7/c1-11(2)6-16(21(37)38)31-19(35)14(4-3-5-27-22(24)25)29-20(36)15(8-17(32)33)30-18(34)13(23)7-12-9-26-10-28-12/h9-11,13-16H,3-8,23H2,1-2H3,(H,26,28)(H,29,36)(H,30,34)(H,31,35)(H,32,33)(H,37,38)(H4,24,25,27)/t13-,14-,15-,16-/m0/s1. The number of nitrogens with two attached hydrogens (primary N) is 3. The molecular weight excluding hydrogens is 502 g/mol. The number of carbonyl (C=O) groups is 5. The number of imidazole rings is 1. The molecule has 1 heterocycles. The lowest BCUT2D eigenvalue weighted by Crippen LogP contribution is -2.57. The third-order valence-corrected chi connectivity index (χ3v) is 5.24. The molecular formula is C22H37N9O7. The van der Waals surface area contributed by atoms with Crippen LogP contribution in [0.3, 0.4) is 0 Å². The second-order valence-electron chi connectivity index (χ2n) is 9.09. The first-order valence-corrected chi connectivity index (χ1v) is 11.9. The van der Waals surface area contributed by atoms with E-state index in [1.807, 2.05) is 0 Å². The Morgan fingerprint density at radius 1 is 1.00 bits per heavy atom. The highest BCUT2D eigenvalue weighted by atomic mass is 16.4. The molecule has 1 aromatic heterocycles. The van der Waals surface area contributed by atoms with E-state index < -0.39 is 60.2 Å². The van der Waals surface area contributed by atoms with Gasteiger partial charge in [0.05, 0.1) is 18.8 Å². The zero-order valence-electron chi connectivity index (χ0n) is 21.3. The fraction of sp³-hybridized carbons (Fsp3) is 0.591. The van der Waals surface area contributed by atoms with Crippen LogP contribution in [0.5, 0.6) is 0 Å². The van der Waals surface area contributed by atoms with Crippen molar-refractivity contribution >= 4 is 35.6 Å². The van der Waals surface area contributed by atoms with E-state index in [4.69, 9.17) is 17.2 Å². The number of carboxylic acid groups (broad SMARTS) is 2. The number of amides is 3. The molecule has 38 heavy (non-hydrogen) atoms. The summed E-state index contributed by atoms with van der Waals surface area (Å²) in [6.07, 6.45) is 2.48. The molecule has 0 saturated heterocycles. The quantitative estimate of drug-likeness (QED) is 0.0561. The summed E-state index contributed by atoms with van der Waals surface area (Å²) >= 11 is 0. The zero-order chi connectivity index (χ0) is 28.8. The van der Waals surface area contributed by atoms with Gasteiger partial charge in [-0.25, -0.2) is 9.78 Å². The van der Waals surface area contributed by atoms with Crippen LogP contribution in [0.1, 0.15) is 45.2 Å². The maximum absolute atomic E-state index is 13.0. The number of rotatable bonds is 17. The van der Waals surface area contributed by atoms with Crippen molar-refractivity contribution < 1.29 is 34.2 Å². The van der Waals surface area contributed by atoms with Gasteiger partial charge in [-0.2, -0.15) is 0 Å². The van der Waals surface area contributed by atoms with Gasteiger partial charge in [-0.1, -0.05) is 13.8 Å². The van der Waals surface area contributed by atoms with Crippen LogP contribution in [-0.4, -0.2) is 86.5 Å². The topological polar surface area (TPSA) is 281 Å². The minimum absolute atomic E-state index is 0.00452. The third kappa shape index (κ3) is 12.2. The molecule has 3 amide bonds. The Hall–Kier alpha value is -4.21. The monoisotopic (exact) mass is 539 g/mol. The van der Waals surface area contributed by atoms with Crippen LogP contribution >= 0.6 is 0 Å². The fourth-order valence-corrected chi connectivity index (χ4v) is 3.40. The maximum Gasteiger partial charge on any atom is 0.326 e. The lowest BCUT2D eigenvalue weighted by molar-refractivity contribution is -0.143. The molecule has 0 aromatic carbocycles. The number of guanidine groups is 1. The van der Waals surface area contributed by atoms with Crippen molar-refractivity contribution in [2.24, 2.45) is 28.1 Å². The van der Waals surface area contributed by atoms with Crippen molar-refractivity contribution in [2.75, 3.05) is 6.54 Å². The van der Waals surface area contributed by atoms with Gasteiger partial charge in [-0.15, -0.1) is 0 Å². The summed E-state index contributed by atoms with van der Waals surface area (Å²) in [5.41, 5.74) is 17.0. The van der Waals surface area contributed by atoms with Gasteiger partial charge in [0, 0.05) is 24.9 Å². The van der Waals surface area contributed by atoms with Crippen LogP contribution < -0.4 is 33.2 Å². The zero-order valence-corrected chi connectivity index (χ0v) is 21.3. The van der Waals surface area contributed by atoms with E-state index in [1.165, 1.54) is 12.5 Å². The number of hydrogen-bond acceptors (Lipinski definition) is 8. The van der Waals surface area contributed by atoms with Gasteiger partial charge in [0.2, 0.25) is 17.7 Å². The van der Waals surface area contributed by atoms with Crippen LogP contribution in [0.25, 0.3) is 0 Å². The van der Waals surface area contributed by atoms with Crippen LogP contribution in [0, 0.1) is 5.92 Å². The SMILES string of the molecule is CC(C)C[C@H](NC(=O)[C@H](CCCN=C(N)N)NC(=O)[C@H](CC(=O)O)NC(=O)[C@@H](N)Cc1cnc[nH]1)C(=O)O. The first kappa shape index (κ1) is 31.8. The highest BCUT2D eigenvalue weighted by Gasteiger charge is 2.31. The number of aliphatic carboxylic acids is 2. The van der Waals surface area contributed by atoms with Crippen molar-refractivity contribution in [3.05, 3.63) is 18.2 Å². The van der Waals surface area contributed by atoms with E-state index in [-0.39, 0.29) is 44.1 Å². The molecule has 212 valence electrons. The van der Waals surface area contributed by atoms with Gasteiger partial charge in [-0.05, 0) is 25.2 Å². The van der Waals surface area contributed by atoms with Crippen molar-refractivity contribution in [1.82, 2.24) is 25.9 Å². The first-order valence-electron chi connectivity index (χ1n) is 11.9. The second kappa shape index (κ2) is 15.8. The summed E-state index contributed by atoms with van der Waals surface area (Å²) in [5.74, 6) is -5.41. The summed E-state index contributed by atoms with van der Waals surface area (Å²) < 4.78 is 0. The average molecular weight is 540 g/mol. The molecule has 16 nitrogen and oxygen atoms in total. The molecule has 0 bridgehead atoms. The molecule has 0 fully saturated rings. The Morgan fingerprint density at radius 2 is 1.61 bits per heavy atom. The third-order valence-electron chi connectivity index (χ3n) is 5.24. The van der Waals surface area contributed by atoms with Crippen molar-refractivity contribution in [2.45, 2.75) is 70.1 Å². The number of carboxylic acids is 2. The van der Waals surface area contributed by atoms with Crippen LogP contribution in [0.2, 0.25) is 0 Å². The minimum atomic E-state index is -1.56. The van der Waals surface area contributed by atoms with Crippen LogP contribution in [-0.2, 0) is 30.4 Å². The number of carbonyl (C=O) groups excluding carboxylic acids is 3. The molecule has 1 rings (SSSR count). The highest BCUT2D eigenvalue weighted by Crippen LogP contribution is 2.08. The van der Waals surface area contributed by atoms with Crippen molar-refractivity contribution in [1.29, 1.82) is 0 Å². The molecule has 0 aliphatic heterocycles. The molecule has 0 unspecified atom stereocenters. The van der Waals surface area contributed by atoms with E-state index in [0.29, 0.717) is 5.69 Å². The predicted molar refractivity (Wildman–Crippen MR) is 135 cm³/mol. The molecule has 0 saturated carbocycles. The van der Waals surface area contributed by atoms with Crippen molar-refractivity contribution in [3.8, 4) is 0 Å². The summed E-state index contributed by atoms with van der Waals surface area (Å²) in [7, 11) is 0. The van der Waals surface area contributed by atoms with Gasteiger partial charge >= 0.3 is 11.9 Å². The maximum atomic E-state index is 13.0. The number of aromatic nitrogens is 2. The Labute approximate surface area is 219 Å². The number of H-pyrrole nitrogens is 1. The summed E-state index contributed by atoms with van der Waals surface area (Å²) in [4.78, 5) is 71.9. The molecule has 0 aliphatic carbocycles. The van der Waals surface area contributed by atoms with Gasteiger partial charge in [-0.3, -0.25) is 24.2 Å². The molecule has 4 atom stereocenters. The number of aromatic amines is 1. The normalized spacial score (nSPS) is 14.0. The van der Waals surface area contributed by atoms with Crippen molar-refractivity contribution in [3.63, 3.8) is 0 Å². The highest BCUT2D eigenvalue weighted by molar-refractivity contribution is 5.95. The summed E-state index contributed by atoms with van der Waals surface area (Å²) in [6, 6.07) is -5.16. The Balaban J connectivity index is 3.01. The molecule has 16 heteroatoms. The molecule has 0 aliphatic rings. The van der Waals surface area contributed by atoms with Gasteiger partial charge in [0.15, 0.2) is 5.96 Å². The van der Waals surface area contributed by atoms with E-state index >= 15 is 0 Å². The molecule has 0 radical (unpaired) electrons. The second-order valence-corrected chi connectivity index (χ2v) is 9.09. The Kier molecular flexibility index (Phi) is 13.2. The number of nitrogens with zero attached hydrogens (tertiary/aromatic N) is 2. The Bertz CT molecular complexity index is 978. The largest absolute Gasteiger partial charge is 0.481 e. The smallest absolute Gasteiger partial charge is 0.326 e. The summed E-state index contributed by atoms with van der Waals surface area (Å²) in [5, 5.41) is 25.8. The van der Waals surface area contributed by atoms with E-state index in [9.17, 15) is 34.2 Å². The first-order chi connectivity index (χ1) is 17.8. The minimum Gasteiger partial charge on any atom is -0.481 e. The van der Waals surface area contributed by atoms with E-state index in [0.717, 1.165) is 0 Å². The average Bonchev–Trinajstić information content (AvgIpc) is 3.32. The molecule has 0 spiro atoms. The van der Waals surface area contributed by atoms with Gasteiger partial charge < -0.3 is 48.3 Å². The van der Waals surface area contributed by atoms with E-state index in [1.54, 1.807) is 13.8 Å². The fourth-order valence-electron chi connectivity index (χ4n) is 3.40. The number of hydrogen-bond donors (Lipinski definition) is 9. The molecule has 12 N–H and O–H groups in total. The summed E-state index contributed by atoms with van der Waals surface area (Å²) in [6.45, 7) is 3.69. The molecule has 1 aromatic rings. The Morgan fingerprint density at radius 3 is 2.13 bits per heavy atom. The van der Waals surface area contributed by atoms with Gasteiger partial charge in [0.1, 0.15) is 18.1 Å². The lowest BCUT2D eigenvalue weighted by Gasteiger charge is -2.25. The van der Waals surface area contributed by atoms with Crippen LogP contribution in [0.15, 0.2) is 17.5 Å². The van der Waals surface area contributed by atoms with Crippen LogP contribution in [0.4, 0.5) is 0 Å². The lowest BCUT2D eigenvalue weighted by atomic mass is 10.0. The number of nitrogens with one attached hydrogen (secondary N) is 4.